The van der Waals surface area contributed by atoms with Gasteiger partial charge in [-0.05, 0) is 19.4 Å². The second-order valence-corrected chi connectivity index (χ2v) is 1.58. The van der Waals surface area contributed by atoms with Crippen molar-refractivity contribution in [2.24, 2.45) is 0 Å². The zero-order valence-electron chi connectivity index (χ0n) is 5.31. The quantitative estimate of drug-likeness (QED) is 0.415. The lowest BCUT2D eigenvalue weighted by Gasteiger charge is -1.80. The number of nitrogens with one attached hydrogen (secondary N) is 1. The van der Waals surface area contributed by atoms with Gasteiger partial charge in [0.2, 0.25) is 0 Å². The van der Waals surface area contributed by atoms with Crippen LogP contribution in [0.15, 0.2) is 23.8 Å². The fraction of sp³-hybridized carbons (Fsp3) is 0.286. The molecule has 0 saturated heterocycles. The Bertz CT molecular complexity index is 120. The van der Waals surface area contributed by atoms with Crippen LogP contribution < -0.4 is 0 Å². The Morgan fingerprint density at radius 2 is 2.12 bits per heavy atom. The monoisotopic (exact) mass is 109 g/mol. The minimum absolute atomic E-state index is 0.975. The summed E-state index contributed by atoms with van der Waals surface area (Å²) in [5.41, 5.74) is 0.975. The third kappa shape index (κ3) is 3.34. The van der Waals surface area contributed by atoms with Gasteiger partial charge in [-0.15, -0.1) is 0 Å². The molecule has 0 spiro atoms. The molecule has 44 valence electrons. The highest BCUT2D eigenvalue weighted by atomic mass is 14.3. The highest BCUT2D eigenvalue weighted by molar-refractivity contribution is 5.75. The summed E-state index contributed by atoms with van der Waals surface area (Å²) in [6.07, 6.45) is 7.08. The Morgan fingerprint density at radius 3 is 2.50 bits per heavy atom. The van der Waals surface area contributed by atoms with Crippen molar-refractivity contribution in [1.82, 2.24) is 0 Å². The fourth-order valence-electron chi connectivity index (χ4n) is 0.296. The lowest BCUT2D eigenvalue weighted by molar-refractivity contribution is 1.50. The predicted molar refractivity (Wildman–Crippen MR) is 37.4 cm³/mol. The van der Waals surface area contributed by atoms with Crippen molar-refractivity contribution >= 4 is 6.21 Å². The van der Waals surface area contributed by atoms with E-state index in [1.165, 1.54) is 6.21 Å². The third-order valence-corrected chi connectivity index (χ3v) is 0.779. The molecule has 0 aliphatic carbocycles. The normalized spacial score (nSPS) is 12.5. The van der Waals surface area contributed by atoms with Gasteiger partial charge in [0.25, 0.3) is 0 Å². The molecule has 1 heteroatoms. The van der Waals surface area contributed by atoms with Gasteiger partial charge in [-0.25, -0.2) is 0 Å². The molecule has 1 N–H and O–H groups in total. The Morgan fingerprint density at radius 1 is 1.50 bits per heavy atom. The molecule has 0 rings (SSSR count). The van der Waals surface area contributed by atoms with E-state index in [1.807, 2.05) is 32.1 Å². The molecule has 0 bridgehead atoms. The molecule has 1 nitrogen and oxygen atoms in total. The summed E-state index contributed by atoms with van der Waals surface area (Å²) in [6.45, 7) is 3.85. The van der Waals surface area contributed by atoms with Crippen molar-refractivity contribution in [3.63, 3.8) is 0 Å². The SMILES string of the molecule is C/C=C/C=C(/C)C=N. The zero-order chi connectivity index (χ0) is 6.41. The third-order valence-electron chi connectivity index (χ3n) is 0.779. The second kappa shape index (κ2) is 4.31. The molecular weight excluding hydrogens is 98.1 g/mol. The summed E-state index contributed by atoms with van der Waals surface area (Å²) in [6, 6.07) is 0. The van der Waals surface area contributed by atoms with Gasteiger partial charge in [-0.1, -0.05) is 18.2 Å². The molecule has 0 unspecified atom stereocenters. The maximum Gasteiger partial charge on any atom is 0.0207 e. The molecule has 0 amide bonds. The van der Waals surface area contributed by atoms with E-state index in [2.05, 4.69) is 0 Å². The van der Waals surface area contributed by atoms with Crippen molar-refractivity contribution in [1.29, 1.82) is 5.41 Å². The van der Waals surface area contributed by atoms with Gasteiger partial charge in [0.15, 0.2) is 0 Å². The predicted octanol–water partition coefficient (Wildman–Crippen LogP) is 2.16. The summed E-state index contributed by atoms with van der Waals surface area (Å²) in [5, 5.41) is 6.76. The summed E-state index contributed by atoms with van der Waals surface area (Å²) in [4.78, 5) is 0. The Labute approximate surface area is 50.2 Å². The van der Waals surface area contributed by atoms with Crippen LogP contribution in [0.2, 0.25) is 0 Å². The van der Waals surface area contributed by atoms with Gasteiger partial charge in [0.05, 0.1) is 0 Å². The lowest BCUT2D eigenvalue weighted by Crippen LogP contribution is -1.69. The first-order valence-corrected chi connectivity index (χ1v) is 2.61. The van der Waals surface area contributed by atoms with Gasteiger partial charge in [0.1, 0.15) is 0 Å². The molecular formula is C7H11N. The van der Waals surface area contributed by atoms with E-state index >= 15 is 0 Å². The number of rotatable bonds is 2. The number of hydrogen-bond donors (Lipinski definition) is 1. The summed E-state index contributed by atoms with van der Waals surface area (Å²) < 4.78 is 0. The highest BCUT2D eigenvalue weighted by Gasteiger charge is 1.71. The Hall–Kier alpha value is -0.850. The maximum absolute atomic E-state index is 6.76. The molecule has 0 radical (unpaired) electrons. The van der Waals surface area contributed by atoms with Gasteiger partial charge in [-0.3, -0.25) is 0 Å². The average molecular weight is 109 g/mol. The van der Waals surface area contributed by atoms with E-state index in [-0.39, 0.29) is 0 Å². The number of hydrogen-bond acceptors (Lipinski definition) is 1. The average Bonchev–Trinajstić information content (AvgIpc) is 1.83. The minimum atomic E-state index is 0.975. The first-order valence-electron chi connectivity index (χ1n) is 2.61. The number of allylic oxidation sites excluding steroid dienone is 4. The van der Waals surface area contributed by atoms with Crippen LogP contribution in [0, 0.1) is 5.41 Å². The molecule has 0 heterocycles. The summed E-state index contributed by atoms with van der Waals surface area (Å²) >= 11 is 0. The van der Waals surface area contributed by atoms with Gasteiger partial charge in [-0.2, -0.15) is 0 Å². The largest absolute Gasteiger partial charge is 0.308 e. The van der Waals surface area contributed by atoms with Crippen molar-refractivity contribution in [3.05, 3.63) is 23.8 Å². The molecule has 0 aromatic rings. The van der Waals surface area contributed by atoms with E-state index in [0.29, 0.717) is 0 Å². The first-order chi connectivity index (χ1) is 3.81. The van der Waals surface area contributed by atoms with Gasteiger partial charge >= 0.3 is 0 Å². The topological polar surface area (TPSA) is 23.9 Å². The molecule has 0 aromatic heterocycles. The summed E-state index contributed by atoms with van der Waals surface area (Å²) in [7, 11) is 0. The van der Waals surface area contributed by atoms with Crippen molar-refractivity contribution < 1.29 is 0 Å². The van der Waals surface area contributed by atoms with Crippen LogP contribution in [0.5, 0.6) is 0 Å². The van der Waals surface area contributed by atoms with Crippen LogP contribution in [0.25, 0.3) is 0 Å². The van der Waals surface area contributed by atoms with Crippen molar-refractivity contribution in [2.75, 3.05) is 0 Å². The van der Waals surface area contributed by atoms with Crippen LogP contribution >= 0.6 is 0 Å². The van der Waals surface area contributed by atoms with Crippen LogP contribution in [0.3, 0.4) is 0 Å². The molecule has 0 saturated carbocycles. The van der Waals surface area contributed by atoms with E-state index in [4.69, 9.17) is 5.41 Å². The van der Waals surface area contributed by atoms with Crippen molar-refractivity contribution in [2.45, 2.75) is 13.8 Å². The van der Waals surface area contributed by atoms with Gasteiger partial charge < -0.3 is 5.41 Å². The molecule has 0 atom stereocenters. The van der Waals surface area contributed by atoms with Crippen molar-refractivity contribution in [3.8, 4) is 0 Å². The van der Waals surface area contributed by atoms with Crippen LogP contribution in [0.4, 0.5) is 0 Å². The molecule has 0 fully saturated rings. The fourth-order valence-corrected chi connectivity index (χ4v) is 0.296. The zero-order valence-corrected chi connectivity index (χ0v) is 5.31. The van der Waals surface area contributed by atoms with E-state index < -0.39 is 0 Å². The standard InChI is InChI=1S/C7H11N/c1-3-4-5-7(2)6-8/h3-6,8H,1-2H3/b4-3+,7-5-,8-6?. The lowest BCUT2D eigenvalue weighted by atomic mass is 10.3. The second-order valence-electron chi connectivity index (χ2n) is 1.58. The highest BCUT2D eigenvalue weighted by Crippen LogP contribution is 1.85. The van der Waals surface area contributed by atoms with Crippen LogP contribution in [0.1, 0.15) is 13.8 Å². The van der Waals surface area contributed by atoms with E-state index in [1.54, 1.807) is 0 Å². The first kappa shape index (κ1) is 7.15. The van der Waals surface area contributed by atoms with E-state index in [9.17, 15) is 0 Å². The van der Waals surface area contributed by atoms with Crippen LogP contribution in [-0.4, -0.2) is 6.21 Å². The van der Waals surface area contributed by atoms with Crippen LogP contribution in [-0.2, 0) is 0 Å². The maximum atomic E-state index is 6.76. The molecule has 8 heavy (non-hydrogen) atoms. The minimum Gasteiger partial charge on any atom is -0.308 e. The molecule has 0 aliphatic rings. The Kier molecular flexibility index (Phi) is 3.85. The Balaban J connectivity index is 3.74. The molecule has 0 aliphatic heterocycles. The smallest absolute Gasteiger partial charge is 0.0207 e. The summed E-state index contributed by atoms with van der Waals surface area (Å²) in [5.74, 6) is 0. The van der Waals surface area contributed by atoms with Gasteiger partial charge in [0, 0.05) is 6.21 Å². The molecule has 0 aromatic carbocycles. The van der Waals surface area contributed by atoms with E-state index in [0.717, 1.165) is 5.57 Å².